The van der Waals surface area contributed by atoms with Gasteiger partial charge in [-0.05, 0) is 48.2 Å². The zero-order chi connectivity index (χ0) is 16.1. The van der Waals surface area contributed by atoms with Gasteiger partial charge in [-0.2, -0.15) is 0 Å². The first-order valence-corrected chi connectivity index (χ1v) is 7.21. The van der Waals surface area contributed by atoms with Crippen molar-refractivity contribution in [3.05, 3.63) is 59.7 Å². The Balaban J connectivity index is 2.16. The zero-order valence-electron chi connectivity index (χ0n) is 11.7. The summed E-state index contributed by atoms with van der Waals surface area (Å²) in [5.41, 5.74) is 1.12. The summed E-state index contributed by atoms with van der Waals surface area (Å²) in [6, 6.07) is 12.8. The molecule has 0 aromatic heterocycles. The van der Waals surface area contributed by atoms with Gasteiger partial charge in [0.05, 0.1) is 5.56 Å². The molecule has 0 heterocycles. The highest BCUT2D eigenvalue weighted by Gasteiger charge is 2.14. The molecule has 0 saturated heterocycles. The Labute approximate surface area is 131 Å². The van der Waals surface area contributed by atoms with Crippen LogP contribution in [0.5, 0.6) is 0 Å². The topological polar surface area (TPSA) is 83.5 Å². The van der Waals surface area contributed by atoms with E-state index in [0.717, 1.165) is 11.8 Å². The summed E-state index contributed by atoms with van der Waals surface area (Å²) in [6.45, 7) is 1.40. The molecule has 2 aromatic rings. The van der Waals surface area contributed by atoms with Crippen molar-refractivity contribution in [1.29, 1.82) is 0 Å². The van der Waals surface area contributed by atoms with E-state index in [1.165, 1.54) is 13.0 Å². The van der Waals surface area contributed by atoms with Crippen LogP contribution in [0, 0.1) is 0 Å². The summed E-state index contributed by atoms with van der Waals surface area (Å²) in [4.78, 5) is 34.7. The van der Waals surface area contributed by atoms with Gasteiger partial charge in [-0.15, -0.1) is 0 Å². The Kier molecular flexibility index (Phi) is 4.95. The second-order valence-electron chi connectivity index (χ2n) is 4.45. The number of anilines is 1. The number of hydrogen-bond acceptors (Lipinski definition) is 4. The third kappa shape index (κ3) is 3.95. The van der Waals surface area contributed by atoms with Gasteiger partial charge in [0.2, 0.25) is 11.0 Å². The number of carboxylic acids is 1. The van der Waals surface area contributed by atoms with E-state index in [-0.39, 0.29) is 16.6 Å². The number of hydrogen-bond donors (Lipinski definition) is 2. The number of amides is 1. The molecule has 0 saturated carbocycles. The van der Waals surface area contributed by atoms with Crippen LogP contribution in [0.25, 0.3) is 0 Å². The Morgan fingerprint density at radius 1 is 1.00 bits per heavy atom. The van der Waals surface area contributed by atoms with Crippen LogP contribution in [0.3, 0.4) is 0 Å². The minimum Gasteiger partial charge on any atom is -0.478 e. The smallest absolute Gasteiger partial charge is 0.336 e. The summed E-state index contributed by atoms with van der Waals surface area (Å²) in [5.74, 6) is -1.26. The van der Waals surface area contributed by atoms with E-state index in [4.69, 9.17) is 5.11 Å². The van der Waals surface area contributed by atoms with Crippen molar-refractivity contribution in [3.8, 4) is 0 Å². The number of rotatable bonds is 4. The van der Waals surface area contributed by atoms with Gasteiger partial charge in [0, 0.05) is 23.1 Å². The van der Waals surface area contributed by atoms with E-state index < -0.39 is 5.97 Å². The van der Waals surface area contributed by atoms with Crippen LogP contribution >= 0.6 is 11.8 Å². The van der Waals surface area contributed by atoms with Crippen LogP contribution < -0.4 is 5.32 Å². The number of benzene rings is 2. The molecule has 112 valence electrons. The first kappa shape index (κ1) is 15.8. The largest absolute Gasteiger partial charge is 0.478 e. The standard InChI is InChI=1S/C16H13NO4S/c1-10(18)17-12-8-6-11(7-9-12)16(21)22-14-5-3-2-4-13(14)15(19)20/h2-9H,1H3,(H,17,18)(H,19,20). The maximum absolute atomic E-state index is 12.2. The number of carbonyl (C=O) groups excluding carboxylic acids is 2. The molecule has 6 heteroatoms. The van der Waals surface area contributed by atoms with Crippen molar-refractivity contribution in [2.45, 2.75) is 11.8 Å². The molecule has 2 rings (SSSR count). The van der Waals surface area contributed by atoms with Crippen molar-refractivity contribution < 1.29 is 19.5 Å². The molecule has 0 atom stereocenters. The molecule has 0 fully saturated rings. The normalized spacial score (nSPS) is 10.0. The van der Waals surface area contributed by atoms with E-state index in [1.807, 2.05) is 0 Å². The van der Waals surface area contributed by atoms with Crippen molar-refractivity contribution in [2.24, 2.45) is 0 Å². The maximum atomic E-state index is 12.2. The Hall–Kier alpha value is -2.60. The molecule has 2 aromatic carbocycles. The number of thioether (sulfide) groups is 1. The number of carbonyl (C=O) groups is 3. The van der Waals surface area contributed by atoms with Gasteiger partial charge in [-0.1, -0.05) is 12.1 Å². The molecular weight excluding hydrogens is 302 g/mol. The third-order valence-corrected chi connectivity index (χ3v) is 3.76. The lowest BCUT2D eigenvalue weighted by Gasteiger charge is -2.06. The number of aromatic carboxylic acids is 1. The fourth-order valence-corrected chi connectivity index (χ4v) is 2.65. The SMILES string of the molecule is CC(=O)Nc1ccc(C(=O)Sc2ccccc2C(=O)O)cc1. The van der Waals surface area contributed by atoms with Crippen molar-refractivity contribution in [2.75, 3.05) is 5.32 Å². The molecule has 0 unspecified atom stereocenters. The Morgan fingerprint density at radius 3 is 2.23 bits per heavy atom. The minimum atomic E-state index is -1.07. The van der Waals surface area contributed by atoms with E-state index >= 15 is 0 Å². The fraction of sp³-hybridized carbons (Fsp3) is 0.0625. The Morgan fingerprint density at radius 2 is 1.64 bits per heavy atom. The molecule has 0 aliphatic rings. The summed E-state index contributed by atoms with van der Waals surface area (Å²) in [7, 11) is 0. The summed E-state index contributed by atoms with van der Waals surface area (Å²) in [5, 5.41) is 11.5. The van der Waals surface area contributed by atoms with Gasteiger partial charge in [0.25, 0.3) is 0 Å². The van der Waals surface area contributed by atoms with Crippen LogP contribution in [0.2, 0.25) is 0 Å². The average molecular weight is 315 g/mol. The monoisotopic (exact) mass is 315 g/mol. The van der Waals surface area contributed by atoms with Crippen molar-refractivity contribution in [1.82, 2.24) is 0 Å². The van der Waals surface area contributed by atoms with Crippen molar-refractivity contribution >= 4 is 34.4 Å². The van der Waals surface area contributed by atoms with E-state index in [1.54, 1.807) is 42.5 Å². The second-order valence-corrected chi connectivity index (χ2v) is 5.46. The lowest BCUT2D eigenvalue weighted by Crippen LogP contribution is -2.06. The van der Waals surface area contributed by atoms with Crippen LogP contribution in [0.4, 0.5) is 5.69 Å². The average Bonchev–Trinajstić information content (AvgIpc) is 2.47. The number of carboxylic acid groups (broad SMARTS) is 1. The van der Waals surface area contributed by atoms with Crippen LogP contribution in [0.15, 0.2) is 53.4 Å². The highest BCUT2D eigenvalue weighted by atomic mass is 32.2. The first-order chi connectivity index (χ1) is 10.5. The highest BCUT2D eigenvalue weighted by Crippen LogP contribution is 2.26. The molecule has 0 aliphatic carbocycles. The van der Waals surface area contributed by atoms with E-state index in [2.05, 4.69) is 5.32 Å². The van der Waals surface area contributed by atoms with Gasteiger partial charge in [0.1, 0.15) is 0 Å². The zero-order valence-corrected chi connectivity index (χ0v) is 12.5. The van der Waals surface area contributed by atoms with Gasteiger partial charge < -0.3 is 10.4 Å². The Bertz CT molecular complexity index is 725. The molecule has 5 nitrogen and oxygen atoms in total. The second kappa shape index (κ2) is 6.91. The molecular formula is C16H13NO4S. The fourth-order valence-electron chi connectivity index (χ4n) is 1.78. The van der Waals surface area contributed by atoms with Gasteiger partial charge in [-0.25, -0.2) is 4.79 Å². The van der Waals surface area contributed by atoms with E-state index in [0.29, 0.717) is 16.1 Å². The maximum Gasteiger partial charge on any atom is 0.336 e. The lowest BCUT2D eigenvalue weighted by molar-refractivity contribution is -0.114. The predicted molar refractivity (Wildman–Crippen MR) is 84.3 cm³/mol. The summed E-state index contributed by atoms with van der Waals surface area (Å²) < 4.78 is 0. The molecule has 0 spiro atoms. The van der Waals surface area contributed by atoms with Crippen LogP contribution in [0.1, 0.15) is 27.6 Å². The van der Waals surface area contributed by atoms with Crippen molar-refractivity contribution in [3.63, 3.8) is 0 Å². The number of nitrogens with one attached hydrogen (secondary N) is 1. The van der Waals surface area contributed by atoms with Gasteiger partial charge in [0.15, 0.2) is 0 Å². The summed E-state index contributed by atoms with van der Waals surface area (Å²) >= 11 is 0.864. The van der Waals surface area contributed by atoms with Gasteiger partial charge >= 0.3 is 5.97 Å². The summed E-state index contributed by atoms with van der Waals surface area (Å²) in [6.07, 6.45) is 0. The molecule has 0 radical (unpaired) electrons. The molecule has 0 bridgehead atoms. The quantitative estimate of drug-likeness (QED) is 0.846. The molecule has 0 aliphatic heterocycles. The first-order valence-electron chi connectivity index (χ1n) is 6.39. The molecule has 22 heavy (non-hydrogen) atoms. The van der Waals surface area contributed by atoms with Gasteiger partial charge in [-0.3, -0.25) is 9.59 Å². The molecule has 1 amide bonds. The molecule has 2 N–H and O–H groups in total. The lowest BCUT2D eigenvalue weighted by atomic mass is 10.2. The van der Waals surface area contributed by atoms with E-state index in [9.17, 15) is 14.4 Å². The van der Waals surface area contributed by atoms with Crippen LogP contribution in [-0.4, -0.2) is 22.1 Å². The third-order valence-electron chi connectivity index (χ3n) is 2.76. The highest BCUT2D eigenvalue weighted by molar-refractivity contribution is 8.14. The minimum absolute atomic E-state index is 0.0933. The predicted octanol–water partition coefficient (Wildman–Crippen LogP) is 3.28. The van der Waals surface area contributed by atoms with Crippen LogP contribution in [-0.2, 0) is 4.79 Å².